The Balaban J connectivity index is 2.74. The van der Waals surface area contributed by atoms with E-state index in [0.717, 1.165) is 10.9 Å². The number of benzene rings is 1. The fraction of sp³-hybridized carbons (Fsp3) is 0. The second-order valence-corrected chi connectivity index (χ2v) is 2.82. The van der Waals surface area contributed by atoms with Gasteiger partial charge in [0.1, 0.15) is 0 Å². The maximum Gasteiger partial charge on any atom is 0.187 e. The van der Waals surface area contributed by atoms with Crippen molar-refractivity contribution >= 4 is 16.7 Å². The molecule has 2 aromatic rings. The highest BCUT2D eigenvalue weighted by atomic mass is 16.1. The van der Waals surface area contributed by atoms with E-state index >= 15 is 0 Å². The lowest BCUT2D eigenvalue weighted by molar-refractivity contribution is 0.104. The van der Waals surface area contributed by atoms with Gasteiger partial charge in [0.2, 0.25) is 0 Å². The smallest absolute Gasteiger partial charge is 0.187 e. The molecule has 1 N–H and O–H groups in total. The van der Waals surface area contributed by atoms with E-state index in [2.05, 4.69) is 11.6 Å². The van der Waals surface area contributed by atoms with Gasteiger partial charge in [-0.05, 0) is 18.2 Å². The molecule has 0 bridgehead atoms. The van der Waals surface area contributed by atoms with Crippen LogP contribution >= 0.6 is 0 Å². The molecule has 1 aromatic heterocycles. The summed E-state index contributed by atoms with van der Waals surface area (Å²) >= 11 is 0. The molecule has 0 radical (unpaired) electrons. The number of para-hydroxylation sites is 1. The maximum atomic E-state index is 11.4. The third-order valence-electron chi connectivity index (χ3n) is 2.04. The van der Waals surface area contributed by atoms with Crippen molar-refractivity contribution in [3.05, 3.63) is 48.7 Å². The van der Waals surface area contributed by atoms with Crippen LogP contribution in [0.1, 0.15) is 10.4 Å². The summed E-state index contributed by atoms with van der Waals surface area (Å²) in [5.74, 6) is -0.0481. The number of carbonyl (C=O) groups excluding carboxylic acids is 1. The molecular weight excluding hydrogens is 162 g/mol. The van der Waals surface area contributed by atoms with Crippen molar-refractivity contribution in [1.29, 1.82) is 0 Å². The number of nitrogens with one attached hydrogen (secondary N) is 1. The standard InChI is InChI=1S/C11H9NO/c1-2-10(13)9-5-3-4-8-6-7-12-11(8)9/h2-7,12H,1H2. The minimum absolute atomic E-state index is 0.0481. The summed E-state index contributed by atoms with van der Waals surface area (Å²) in [6.45, 7) is 3.46. The van der Waals surface area contributed by atoms with E-state index < -0.39 is 0 Å². The van der Waals surface area contributed by atoms with E-state index in [1.54, 1.807) is 6.07 Å². The summed E-state index contributed by atoms with van der Waals surface area (Å²) in [6.07, 6.45) is 3.15. The molecule has 0 spiro atoms. The van der Waals surface area contributed by atoms with Crippen LogP contribution in [-0.4, -0.2) is 10.8 Å². The van der Waals surface area contributed by atoms with E-state index in [9.17, 15) is 4.79 Å². The van der Waals surface area contributed by atoms with Crippen molar-refractivity contribution in [3.8, 4) is 0 Å². The zero-order valence-electron chi connectivity index (χ0n) is 7.08. The molecule has 0 saturated heterocycles. The molecule has 0 aliphatic rings. The monoisotopic (exact) mass is 171 g/mol. The van der Waals surface area contributed by atoms with Gasteiger partial charge in [0.05, 0.1) is 5.52 Å². The van der Waals surface area contributed by atoms with Crippen molar-refractivity contribution in [3.63, 3.8) is 0 Å². The summed E-state index contributed by atoms with van der Waals surface area (Å²) in [6, 6.07) is 7.57. The molecule has 0 aliphatic carbocycles. The van der Waals surface area contributed by atoms with Crippen LogP contribution in [0.2, 0.25) is 0 Å². The van der Waals surface area contributed by atoms with Gasteiger partial charge in [-0.1, -0.05) is 18.7 Å². The van der Waals surface area contributed by atoms with Crippen LogP contribution in [0.15, 0.2) is 43.1 Å². The highest BCUT2D eigenvalue weighted by molar-refractivity contribution is 6.12. The topological polar surface area (TPSA) is 32.9 Å². The number of allylic oxidation sites excluding steroid dienone is 1. The minimum atomic E-state index is -0.0481. The number of aromatic nitrogens is 1. The van der Waals surface area contributed by atoms with E-state index in [1.807, 2.05) is 24.4 Å². The van der Waals surface area contributed by atoms with Crippen molar-refractivity contribution in [2.75, 3.05) is 0 Å². The van der Waals surface area contributed by atoms with Gasteiger partial charge >= 0.3 is 0 Å². The zero-order chi connectivity index (χ0) is 9.26. The fourth-order valence-electron chi connectivity index (χ4n) is 1.40. The predicted octanol–water partition coefficient (Wildman–Crippen LogP) is 2.54. The van der Waals surface area contributed by atoms with E-state index in [0.29, 0.717) is 5.56 Å². The Morgan fingerprint density at radius 3 is 3.00 bits per heavy atom. The highest BCUT2D eigenvalue weighted by Crippen LogP contribution is 2.17. The first kappa shape index (κ1) is 7.80. The van der Waals surface area contributed by atoms with E-state index in [4.69, 9.17) is 0 Å². The van der Waals surface area contributed by atoms with Gasteiger partial charge in [0, 0.05) is 17.1 Å². The molecule has 0 aliphatic heterocycles. The first-order chi connectivity index (χ1) is 6.33. The van der Waals surface area contributed by atoms with Crippen molar-refractivity contribution in [2.24, 2.45) is 0 Å². The minimum Gasteiger partial charge on any atom is -0.361 e. The van der Waals surface area contributed by atoms with Gasteiger partial charge in [-0.2, -0.15) is 0 Å². The normalized spacial score (nSPS) is 10.2. The zero-order valence-corrected chi connectivity index (χ0v) is 7.08. The second kappa shape index (κ2) is 2.90. The highest BCUT2D eigenvalue weighted by Gasteiger charge is 2.06. The molecule has 1 heterocycles. The number of fused-ring (bicyclic) bond motifs is 1. The summed E-state index contributed by atoms with van der Waals surface area (Å²) < 4.78 is 0. The first-order valence-electron chi connectivity index (χ1n) is 4.06. The number of carbonyl (C=O) groups is 1. The Morgan fingerprint density at radius 1 is 1.38 bits per heavy atom. The average Bonchev–Trinajstić information content (AvgIpc) is 2.63. The molecular formula is C11H9NO. The van der Waals surface area contributed by atoms with Gasteiger partial charge < -0.3 is 4.98 Å². The molecule has 0 atom stereocenters. The average molecular weight is 171 g/mol. The summed E-state index contributed by atoms with van der Waals surface area (Å²) in [5, 5.41) is 1.05. The number of rotatable bonds is 2. The van der Waals surface area contributed by atoms with Gasteiger partial charge in [-0.3, -0.25) is 4.79 Å². The number of H-pyrrole nitrogens is 1. The first-order valence-corrected chi connectivity index (χ1v) is 4.06. The van der Waals surface area contributed by atoms with Crippen molar-refractivity contribution in [1.82, 2.24) is 4.98 Å². The summed E-state index contributed by atoms with van der Waals surface area (Å²) in [5.41, 5.74) is 1.56. The SMILES string of the molecule is C=CC(=O)c1cccc2cc[nH]c12. The molecule has 2 nitrogen and oxygen atoms in total. The number of ketones is 1. The van der Waals surface area contributed by atoms with Crippen LogP contribution in [-0.2, 0) is 0 Å². The van der Waals surface area contributed by atoms with Crippen LogP contribution in [0.4, 0.5) is 0 Å². The molecule has 0 unspecified atom stereocenters. The Kier molecular flexibility index (Phi) is 1.74. The fourth-order valence-corrected chi connectivity index (χ4v) is 1.40. The van der Waals surface area contributed by atoms with Gasteiger partial charge in [-0.25, -0.2) is 0 Å². The van der Waals surface area contributed by atoms with Crippen LogP contribution in [0.25, 0.3) is 10.9 Å². The van der Waals surface area contributed by atoms with Gasteiger partial charge in [0.15, 0.2) is 5.78 Å². The van der Waals surface area contributed by atoms with Crippen molar-refractivity contribution in [2.45, 2.75) is 0 Å². The molecule has 0 amide bonds. The number of hydrogen-bond donors (Lipinski definition) is 1. The van der Waals surface area contributed by atoms with Gasteiger partial charge in [0.25, 0.3) is 0 Å². The third kappa shape index (κ3) is 1.16. The lowest BCUT2D eigenvalue weighted by Gasteiger charge is -1.97. The molecule has 2 rings (SSSR count). The van der Waals surface area contributed by atoms with Crippen LogP contribution in [0, 0.1) is 0 Å². The number of hydrogen-bond acceptors (Lipinski definition) is 1. The molecule has 1 aromatic carbocycles. The molecule has 64 valence electrons. The Hall–Kier alpha value is -1.83. The van der Waals surface area contributed by atoms with E-state index in [-0.39, 0.29) is 5.78 Å². The van der Waals surface area contributed by atoms with Crippen molar-refractivity contribution < 1.29 is 4.79 Å². The van der Waals surface area contributed by atoms with Crippen LogP contribution in [0.5, 0.6) is 0 Å². The van der Waals surface area contributed by atoms with E-state index in [1.165, 1.54) is 6.08 Å². The lowest BCUT2D eigenvalue weighted by Crippen LogP contribution is -1.94. The summed E-state index contributed by atoms with van der Waals surface area (Å²) in [4.78, 5) is 14.4. The maximum absolute atomic E-state index is 11.4. The molecule has 0 saturated carbocycles. The largest absolute Gasteiger partial charge is 0.361 e. The molecule has 0 fully saturated rings. The molecule has 2 heteroatoms. The predicted molar refractivity (Wildman–Crippen MR) is 52.8 cm³/mol. The summed E-state index contributed by atoms with van der Waals surface area (Å²) in [7, 11) is 0. The molecule has 13 heavy (non-hydrogen) atoms. The number of aromatic amines is 1. The Morgan fingerprint density at radius 2 is 2.23 bits per heavy atom. The van der Waals surface area contributed by atoms with Crippen LogP contribution in [0.3, 0.4) is 0 Å². The van der Waals surface area contributed by atoms with Gasteiger partial charge in [-0.15, -0.1) is 0 Å². The quantitative estimate of drug-likeness (QED) is 0.546. The Bertz CT molecular complexity index is 468. The van der Waals surface area contributed by atoms with Crippen LogP contribution < -0.4 is 0 Å². The second-order valence-electron chi connectivity index (χ2n) is 2.82. The Labute approximate surface area is 75.9 Å². The lowest BCUT2D eigenvalue weighted by atomic mass is 10.1. The third-order valence-corrected chi connectivity index (χ3v) is 2.04.